The number of rotatable bonds is 3. The van der Waals surface area contributed by atoms with E-state index in [2.05, 4.69) is 18.8 Å². The first-order valence-corrected chi connectivity index (χ1v) is 4.22. The highest BCUT2D eigenvalue weighted by atomic mass is 16.3. The molecule has 1 heterocycles. The first kappa shape index (κ1) is 9.26. The van der Waals surface area contributed by atoms with Gasteiger partial charge >= 0.3 is 0 Å². The van der Waals surface area contributed by atoms with E-state index in [-0.39, 0.29) is 0 Å². The largest absolute Gasteiger partial charge is 0.449 e. The van der Waals surface area contributed by atoms with Crippen LogP contribution in [0.5, 0.6) is 0 Å². The van der Waals surface area contributed by atoms with Crippen molar-refractivity contribution in [2.75, 3.05) is 0 Å². The summed E-state index contributed by atoms with van der Waals surface area (Å²) in [5, 5.41) is 9.15. The predicted octanol–water partition coefficient (Wildman–Crippen LogP) is 1.93. The van der Waals surface area contributed by atoms with E-state index < -0.39 is 6.10 Å². The Morgan fingerprint density at radius 2 is 2.17 bits per heavy atom. The molecule has 68 valence electrons. The molecular formula is C9H15NO2. The third-order valence-corrected chi connectivity index (χ3v) is 1.58. The van der Waals surface area contributed by atoms with Gasteiger partial charge in [0.05, 0.1) is 6.10 Å². The fraction of sp³-hybridized carbons (Fsp3) is 0.667. The van der Waals surface area contributed by atoms with Crippen LogP contribution in [0.15, 0.2) is 10.7 Å². The molecule has 1 unspecified atom stereocenters. The fourth-order valence-corrected chi connectivity index (χ4v) is 0.960. The first-order chi connectivity index (χ1) is 5.59. The van der Waals surface area contributed by atoms with E-state index in [9.17, 15) is 0 Å². The van der Waals surface area contributed by atoms with Crippen LogP contribution in [0.3, 0.4) is 0 Å². The highest BCUT2D eigenvalue weighted by Gasteiger charge is 2.09. The number of aliphatic hydroxyl groups is 1. The molecule has 0 aliphatic heterocycles. The normalized spacial score (nSPS) is 13.8. The third kappa shape index (κ3) is 2.34. The maximum absolute atomic E-state index is 9.15. The Morgan fingerprint density at radius 3 is 2.58 bits per heavy atom. The molecule has 0 spiro atoms. The maximum Gasteiger partial charge on any atom is 0.194 e. The lowest BCUT2D eigenvalue weighted by Crippen LogP contribution is -1.96. The van der Waals surface area contributed by atoms with Gasteiger partial charge in [-0.25, -0.2) is 4.98 Å². The predicted molar refractivity (Wildman–Crippen MR) is 45.7 cm³/mol. The van der Waals surface area contributed by atoms with Crippen molar-refractivity contribution < 1.29 is 9.52 Å². The van der Waals surface area contributed by atoms with Crippen molar-refractivity contribution in [1.82, 2.24) is 4.98 Å². The van der Waals surface area contributed by atoms with Crippen LogP contribution < -0.4 is 0 Å². The Morgan fingerprint density at radius 1 is 1.50 bits per heavy atom. The van der Waals surface area contributed by atoms with Crippen molar-refractivity contribution in [1.29, 1.82) is 0 Å². The molecule has 1 atom stereocenters. The molecule has 3 heteroatoms. The molecule has 3 nitrogen and oxygen atoms in total. The number of nitrogens with zero attached hydrogens (tertiary/aromatic N) is 1. The zero-order valence-corrected chi connectivity index (χ0v) is 7.74. The lowest BCUT2D eigenvalue weighted by molar-refractivity contribution is 0.194. The molecule has 0 amide bonds. The van der Waals surface area contributed by atoms with E-state index in [0.717, 1.165) is 6.42 Å². The van der Waals surface area contributed by atoms with E-state index in [4.69, 9.17) is 9.52 Å². The minimum Gasteiger partial charge on any atom is -0.449 e. The van der Waals surface area contributed by atoms with Crippen LogP contribution >= 0.6 is 0 Å². The summed E-state index contributed by atoms with van der Waals surface area (Å²) >= 11 is 0. The van der Waals surface area contributed by atoms with Crippen LogP contribution in [0.25, 0.3) is 0 Å². The SMILES string of the molecule is CC(C)Cc1nc(C(C)O)co1. The number of hydrogen-bond donors (Lipinski definition) is 1. The third-order valence-electron chi connectivity index (χ3n) is 1.58. The number of aliphatic hydroxyl groups excluding tert-OH is 1. The van der Waals surface area contributed by atoms with Gasteiger partial charge in [0, 0.05) is 6.42 Å². The van der Waals surface area contributed by atoms with Crippen molar-refractivity contribution in [3.63, 3.8) is 0 Å². The molecule has 0 radical (unpaired) electrons. The number of oxazole rings is 1. The molecule has 0 aliphatic rings. The molecule has 1 aromatic rings. The Labute approximate surface area is 72.4 Å². The molecular weight excluding hydrogens is 154 g/mol. The van der Waals surface area contributed by atoms with Gasteiger partial charge in [-0.05, 0) is 12.8 Å². The van der Waals surface area contributed by atoms with E-state index in [1.165, 1.54) is 6.26 Å². The van der Waals surface area contributed by atoms with E-state index in [0.29, 0.717) is 17.5 Å². The average molecular weight is 169 g/mol. The summed E-state index contributed by atoms with van der Waals surface area (Å²) < 4.78 is 5.17. The zero-order valence-electron chi connectivity index (χ0n) is 7.74. The van der Waals surface area contributed by atoms with E-state index >= 15 is 0 Å². The molecule has 0 bridgehead atoms. The summed E-state index contributed by atoms with van der Waals surface area (Å²) in [6.07, 6.45) is 1.81. The van der Waals surface area contributed by atoms with Crippen LogP contribution in [-0.2, 0) is 6.42 Å². The summed E-state index contributed by atoms with van der Waals surface area (Å²) in [6, 6.07) is 0. The van der Waals surface area contributed by atoms with Gasteiger partial charge in [-0.2, -0.15) is 0 Å². The monoisotopic (exact) mass is 169 g/mol. The van der Waals surface area contributed by atoms with Crippen LogP contribution in [0.2, 0.25) is 0 Å². The average Bonchev–Trinajstić information content (AvgIpc) is 2.34. The van der Waals surface area contributed by atoms with Gasteiger partial charge in [0.25, 0.3) is 0 Å². The van der Waals surface area contributed by atoms with Crippen LogP contribution in [-0.4, -0.2) is 10.1 Å². The molecule has 0 fully saturated rings. The van der Waals surface area contributed by atoms with Crippen LogP contribution in [0.1, 0.15) is 38.5 Å². The molecule has 1 N–H and O–H groups in total. The van der Waals surface area contributed by atoms with E-state index in [1.807, 2.05) is 0 Å². The Balaban J connectivity index is 2.64. The summed E-state index contributed by atoms with van der Waals surface area (Å²) in [7, 11) is 0. The standard InChI is InChI=1S/C9H15NO2/c1-6(2)4-9-10-8(5-12-9)7(3)11/h5-7,11H,4H2,1-3H3. The summed E-state index contributed by atoms with van der Waals surface area (Å²) in [5.74, 6) is 1.24. The molecule has 0 saturated carbocycles. The van der Waals surface area contributed by atoms with Gasteiger partial charge in [0.1, 0.15) is 12.0 Å². The van der Waals surface area contributed by atoms with Gasteiger partial charge < -0.3 is 9.52 Å². The van der Waals surface area contributed by atoms with Crippen LogP contribution in [0.4, 0.5) is 0 Å². The van der Waals surface area contributed by atoms with Crippen molar-refractivity contribution in [3.8, 4) is 0 Å². The quantitative estimate of drug-likeness (QED) is 0.752. The Bertz CT molecular complexity index is 240. The summed E-state index contributed by atoms with van der Waals surface area (Å²) in [6.45, 7) is 5.88. The Hall–Kier alpha value is -0.830. The minimum atomic E-state index is -0.533. The highest BCUT2D eigenvalue weighted by molar-refractivity contribution is 4.99. The number of hydrogen-bond acceptors (Lipinski definition) is 3. The van der Waals surface area contributed by atoms with Gasteiger partial charge in [0.2, 0.25) is 0 Å². The van der Waals surface area contributed by atoms with Crippen molar-refractivity contribution in [2.24, 2.45) is 5.92 Å². The van der Waals surface area contributed by atoms with E-state index in [1.54, 1.807) is 6.92 Å². The van der Waals surface area contributed by atoms with Gasteiger partial charge in [-0.3, -0.25) is 0 Å². The number of aromatic nitrogens is 1. The first-order valence-electron chi connectivity index (χ1n) is 4.22. The second kappa shape index (κ2) is 3.72. The lowest BCUT2D eigenvalue weighted by Gasteiger charge is -1.98. The molecule has 0 aromatic carbocycles. The molecule has 12 heavy (non-hydrogen) atoms. The molecule has 0 saturated heterocycles. The topological polar surface area (TPSA) is 46.3 Å². The second-order valence-electron chi connectivity index (χ2n) is 3.44. The van der Waals surface area contributed by atoms with Crippen molar-refractivity contribution in [2.45, 2.75) is 33.3 Å². The van der Waals surface area contributed by atoms with Gasteiger partial charge in [-0.15, -0.1) is 0 Å². The van der Waals surface area contributed by atoms with Crippen molar-refractivity contribution >= 4 is 0 Å². The molecule has 1 aromatic heterocycles. The van der Waals surface area contributed by atoms with Crippen molar-refractivity contribution in [3.05, 3.63) is 17.8 Å². The minimum absolute atomic E-state index is 0.533. The maximum atomic E-state index is 9.15. The molecule has 0 aliphatic carbocycles. The Kier molecular flexibility index (Phi) is 2.87. The smallest absolute Gasteiger partial charge is 0.194 e. The summed E-state index contributed by atoms with van der Waals surface area (Å²) in [4.78, 5) is 4.13. The fourth-order valence-electron chi connectivity index (χ4n) is 0.960. The van der Waals surface area contributed by atoms with Crippen LogP contribution in [0, 0.1) is 5.92 Å². The van der Waals surface area contributed by atoms with Gasteiger partial charge in [0.15, 0.2) is 5.89 Å². The molecule has 1 rings (SSSR count). The lowest BCUT2D eigenvalue weighted by atomic mass is 10.1. The second-order valence-corrected chi connectivity index (χ2v) is 3.44. The highest BCUT2D eigenvalue weighted by Crippen LogP contribution is 2.13. The van der Waals surface area contributed by atoms with Gasteiger partial charge in [-0.1, -0.05) is 13.8 Å². The summed E-state index contributed by atoms with van der Waals surface area (Å²) in [5.41, 5.74) is 0.616. The zero-order chi connectivity index (χ0) is 9.14.